The van der Waals surface area contributed by atoms with Crippen molar-refractivity contribution >= 4 is 29.5 Å². The van der Waals surface area contributed by atoms with Gasteiger partial charge in [-0.25, -0.2) is 0 Å². The minimum absolute atomic E-state index is 0.0309. The number of aliphatic carboxylic acids is 1. The SMILES string of the molecule is COC(=O)C[C@H]1Cc2cc3c(c(O)c2[C@H](C)O1)C(O)[C@H]1C[C@@]3(OC(C)=O)C2=C1C(=O)c1c(O)c3c(c(O)c1C2=O)C[C@H](CC(=O)O)O[C@H]3C. The summed E-state index contributed by atoms with van der Waals surface area (Å²) in [5.74, 6) is -7.14. The van der Waals surface area contributed by atoms with Crippen LogP contribution in [0.1, 0.15) is 112 Å². The maximum Gasteiger partial charge on any atom is 0.308 e. The standard InChI is InChI=1S/C35H34O14/c1-11-22-14(5-15(47-11)9-21(39)46-4)6-19-25(31(22)42)30(41)18-10-35(19,49-13(3)36)28-24(18)33(44)27-26(34(28)45)29(40)17-7-16(8-20(37)38)48-12(2)23(17)32(27)43/h6,11-12,15-16,18,30,40-43H,5,7-10H2,1-4H3,(H,37,38)/t11-,12-,15+,16+,18-,30?,35-/m0/s1. The summed E-state index contributed by atoms with van der Waals surface area (Å²) < 4.78 is 22.5. The fourth-order valence-electron chi connectivity index (χ4n) is 8.75. The van der Waals surface area contributed by atoms with Crippen LogP contribution < -0.4 is 0 Å². The highest BCUT2D eigenvalue weighted by molar-refractivity contribution is 6.31. The predicted molar refractivity (Wildman–Crippen MR) is 163 cm³/mol. The monoisotopic (exact) mass is 678 g/mol. The predicted octanol–water partition coefficient (Wildman–Crippen LogP) is 3.05. The number of carboxylic acid groups (broad SMARTS) is 1. The Bertz CT molecular complexity index is 1940. The van der Waals surface area contributed by atoms with Crippen LogP contribution in [0.15, 0.2) is 17.2 Å². The van der Waals surface area contributed by atoms with E-state index >= 15 is 0 Å². The smallest absolute Gasteiger partial charge is 0.308 e. The molecule has 5 aliphatic rings. The summed E-state index contributed by atoms with van der Waals surface area (Å²) in [6.45, 7) is 4.29. The summed E-state index contributed by atoms with van der Waals surface area (Å²) in [7, 11) is 1.24. The Morgan fingerprint density at radius 1 is 0.898 bits per heavy atom. The van der Waals surface area contributed by atoms with E-state index in [1.165, 1.54) is 14.0 Å². The number of carboxylic acids is 1. The minimum atomic E-state index is -1.99. The average molecular weight is 679 g/mol. The lowest BCUT2D eigenvalue weighted by atomic mass is 9.71. The zero-order chi connectivity index (χ0) is 35.4. The number of aliphatic hydroxyl groups is 1. The van der Waals surface area contributed by atoms with Gasteiger partial charge in [0.05, 0.1) is 67.2 Å². The van der Waals surface area contributed by atoms with Gasteiger partial charge in [-0.05, 0) is 25.8 Å². The van der Waals surface area contributed by atoms with Crippen LogP contribution in [0.5, 0.6) is 17.2 Å². The maximum atomic E-state index is 14.7. The van der Waals surface area contributed by atoms with Crippen LogP contribution in [0.25, 0.3) is 0 Å². The molecule has 7 atom stereocenters. The number of methoxy groups -OCH3 is 1. The van der Waals surface area contributed by atoms with E-state index in [2.05, 4.69) is 0 Å². The van der Waals surface area contributed by atoms with Crippen LogP contribution in [-0.4, -0.2) is 74.3 Å². The summed E-state index contributed by atoms with van der Waals surface area (Å²) >= 11 is 0. The number of rotatable bonds is 5. The number of hydrogen-bond donors (Lipinski definition) is 5. The molecule has 0 amide bonds. The normalized spacial score (nSPS) is 29.3. The molecule has 2 heterocycles. The Labute approximate surface area is 278 Å². The van der Waals surface area contributed by atoms with Crippen molar-refractivity contribution in [2.75, 3.05) is 7.11 Å². The number of esters is 2. The Morgan fingerprint density at radius 3 is 2.16 bits per heavy atom. The van der Waals surface area contributed by atoms with Crippen molar-refractivity contribution in [2.24, 2.45) is 5.92 Å². The Morgan fingerprint density at radius 2 is 1.53 bits per heavy atom. The fourth-order valence-corrected chi connectivity index (χ4v) is 8.75. The van der Waals surface area contributed by atoms with Gasteiger partial charge >= 0.3 is 17.9 Å². The number of carbonyl (C=O) groups excluding carboxylic acids is 4. The molecule has 14 nitrogen and oxygen atoms in total. The molecule has 258 valence electrons. The van der Waals surface area contributed by atoms with Gasteiger partial charge in [0.15, 0.2) is 17.2 Å². The van der Waals surface area contributed by atoms with Crippen molar-refractivity contribution in [3.8, 4) is 17.2 Å². The lowest BCUT2D eigenvalue weighted by Crippen LogP contribution is -2.40. The number of Topliss-reactive ketones (excluding diaryl/α,β-unsaturated/α-hetero) is 2. The number of ether oxygens (including phenoxy) is 4. The fraction of sp³-hybridized carbons (Fsp3) is 0.457. The van der Waals surface area contributed by atoms with Crippen LogP contribution in [0.2, 0.25) is 0 Å². The number of benzene rings is 2. The first-order valence-electron chi connectivity index (χ1n) is 15.9. The number of hydrogen-bond acceptors (Lipinski definition) is 13. The van der Waals surface area contributed by atoms with Gasteiger partial charge in [0.2, 0.25) is 0 Å². The molecule has 7 rings (SSSR count). The van der Waals surface area contributed by atoms with Crippen molar-refractivity contribution < 1.29 is 68.5 Å². The molecular formula is C35H34O14. The molecule has 0 fully saturated rings. The Kier molecular flexibility index (Phi) is 7.43. The van der Waals surface area contributed by atoms with Crippen molar-refractivity contribution in [1.29, 1.82) is 0 Å². The van der Waals surface area contributed by atoms with Gasteiger partial charge in [-0.3, -0.25) is 24.0 Å². The lowest BCUT2D eigenvalue weighted by Gasteiger charge is -2.41. The number of phenolic OH excluding ortho intramolecular Hbond substituents is 3. The maximum absolute atomic E-state index is 14.7. The van der Waals surface area contributed by atoms with E-state index in [0.29, 0.717) is 11.1 Å². The molecule has 14 heteroatoms. The Balaban J connectivity index is 1.44. The van der Waals surface area contributed by atoms with Gasteiger partial charge in [-0.15, -0.1) is 0 Å². The van der Waals surface area contributed by atoms with E-state index < -0.39 is 101 Å². The van der Waals surface area contributed by atoms with Crippen LogP contribution in [0.4, 0.5) is 0 Å². The number of aliphatic hydroxyl groups excluding tert-OH is 1. The number of fused-ring (bicyclic) bond motifs is 9. The average Bonchev–Trinajstić information content (AvgIpc) is 3.32. The first-order chi connectivity index (χ1) is 23.1. The van der Waals surface area contributed by atoms with E-state index in [0.717, 1.165) is 6.92 Å². The van der Waals surface area contributed by atoms with Gasteiger partial charge in [0.25, 0.3) is 0 Å². The van der Waals surface area contributed by atoms with Gasteiger partial charge in [0, 0.05) is 59.1 Å². The molecule has 5 N–H and O–H groups in total. The van der Waals surface area contributed by atoms with E-state index in [1.807, 2.05) is 0 Å². The molecule has 0 aromatic heterocycles. The second-order valence-electron chi connectivity index (χ2n) is 13.3. The van der Waals surface area contributed by atoms with Crippen molar-refractivity contribution in [2.45, 2.75) is 89.0 Å². The quantitative estimate of drug-likeness (QED) is 0.227. The lowest BCUT2D eigenvalue weighted by molar-refractivity contribution is -0.156. The number of phenols is 3. The van der Waals surface area contributed by atoms with Gasteiger partial charge < -0.3 is 44.5 Å². The highest BCUT2D eigenvalue weighted by atomic mass is 16.6. The molecule has 0 radical (unpaired) electrons. The molecular weight excluding hydrogens is 644 g/mol. The molecule has 3 aliphatic carbocycles. The third-order valence-electron chi connectivity index (χ3n) is 10.5. The summed E-state index contributed by atoms with van der Waals surface area (Å²) in [6.07, 6.45) is -5.67. The topological polar surface area (TPSA) is 223 Å². The van der Waals surface area contributed by atoms with Gasteiger partial charge in [-0.2, -0.15) is 0 Å². The van der Waals surface area contributed by atoms with E-state index in [4.69, 9.17) is 18.9 Å². The first kappa shape index (κ1) is 32.7. The molecule has 2 aromatic rings. The summed E-state index contributed by atoms with van der Waals surface area (Å²) in [5.41, 5.74) is -2.68. The largest absolute Gasteiger partial charge is 0.507 e. The van der Waals surface area contributed by atoms with Crippen molar-refractivity contribution in [3.63, 3.8) is 0 Å². The second kappa shape index (κ2) is 11.1. The number of carbonyl (C=O) groups is 5. The molecule has 0 spiro atoms. The van der Waals surface area contributed by atoms with Crippen LogP contribution >= 0.6 is 0 Å². The third kappa shape index (κ3) is 4.53. The minimum Gasteiger partial charge on any atom is -0.507 e. The molecule has 2 aliphatic heterocycles. The number of ketones is 2. The molecule has 49 heavy (non-hydrogen) atoms. The van der Waals surface area contributed by atoms with Crippen LogP contribution in [0, 0.1) is 5.92 Å². The zero-order valence-electron chi connectivity index (χ0n) is 27.0. The molecule has 0 saturated carbocycles. The van der Waals surface area contributed by atoms with Crippen LogP contribution in [0.3, 0.4) is 0 Å². The summed E-state index contributed by atoms with van der Waals surface area (Å²) in [4.78, 5) is 65.5. The zero-order valence-corrected chi connectivity index (χ0v) is 27.0. The van der Waals surface area contributed by atoms with E-state index in [9.17, 15) is 49.5 Å². The molecule has 2 aromatic carbocycles. The third-order valence-corrected chi connectivity index (χ3v) is 10.5. The highest BCUT2D eigenvalue weighted by Crippen LogP contribution is 2.64. The van der Waals surface area contributed by atoms with E-state index in [-0.39, 0.29) is 64.8 Å². The van der Waals surface area contributed by atoms with E-state index in [1.54, 1.807) is 13.0 Å². The highest BCUT2D eigenvalue weighted by Gasteiger charge is 2.64. The molecule has 0 saturated heterocycles. The molecule has 1 unspecified atom stereocenters. The van der Waals surface area contributed by atoms with Crippen molar-refractivity contribution in [3.05, 3.63) is 61.7 Å². The summed E-state index contributed by atoms with van der Waals surface area (Å²) in [6, 6.07) is 1.58. The van der Waals surface area contributed by atoms with Crippen LogP contribution in [-0.2, 0) is 51.8 Å². The Hall–Kier alpha value is -4.79. The van der Waals surface area contributed by atoms with Gasteiger partial charge in [0.1, 0.15) is 17.2 Å². The molecule has 2 bridgehead atoms. The summed E-state index contributed by atoms with van der Waals surface area (Å²) in [5, 5.41) is 56.1. The first-order valence-corrected chi connectivity index (χ1v) is 15.9. The number of aromatic hydroxyl groups is 3. The second-order valence-corrected chi connectivity index (χ2v) is 13.3. The van der Waals surface area contributed by atoms with Crippen molar-refractivity contribution in [1.82, 2.24) is 0 Å². The van der Waals surface area contributed by atoms with Gasteiger partial charge in [-0.1, -0.05) is 6.07 Å².